The summed E-state index contributed by atoms with van der Waals surface area (Å²) >= 11 is 0. The summed E-state index contributed by atoms with van der Waals surface area (Å²) in [6, 6.07) is 7.11. The Morgan fingerprint density at radius 2 is 1.95 bits per heavy atom. The second kappa shape index (κ2) is 5.17. The molecule has 0 radical (unpaired) electrons. The molecule has 0 aromatic carbocycles. The molecule has 2 heteroatoms. The van der Waals surface area contributed by atoms with Crippen LogP contribution in [0.25, 0.3) is 5.52 Å². The largest absolute Gasteiger partial charge is 0.320 e. The van der Waals surface area contributed by atoms with E-state index in [2.05, 4.69) is 68.6 Å². The van der Waals surface area contributed by atoms with E-state index in [9.17, 15) is 0 Å². The van der Waals surface area contributed by atoms with Gasteiger partial charge in [-0.25, -0.2) is 0 Å². The molecule has 2 aromatic heterocycles. The fourth-order valence-electron chi connectivity index (χ4n) is 4.69. The Morgan fingerprint density at radius 3 is 2.57 bits per heavy atom. The molecule has 0 amide bonds. The normalized spacial score (nSPS) is 21.0. The number of rotatable bonds is 3. The minimum atomic E-state index is 0.423. The molecule has 0 saturated carbocycles. The van der Waals surface area contributed by atoms with Crippen molar-refractivity contribution in [1.82, 2.24) is 9.30 Å². The summed E-state index contributed by atoms with van der Waals surface area (Å²) in [4.78, 5) is 2.46. The number of aryl methyl sites for hydroxylation is 2. The van der Waals surface area contributed by atoms with Crippen LogP contribution in [0.3, 0.4) is 0 Å². The number of hydrogen-bond acceptors (Lipinski definition) is 1. The second-order valence-electron chi connectivity index (χ2n) is 6.88. The Morgan fingerprint density at radius 1 is 1.24 bits per heavy atom. The van der Waals surface area contributed by atoms with Gasteiger partial charge in [-0.05, 0) is 75.4 Å². The lowest BCUT2D eigenvalue weighted by molar-refractivity contribution is 0.0684. The highest BCUT2D eigenvalue weighted by Crippen LogP contribution is 2.52. The van der Waals surface area contributed by atoms with Crippen molar-refractivity contribution < 1.29 is 0 Å². The number of pyridine rings is 1. The zero-order valence-corrected chi connectivity index (χ0v) is 14.1. The molecule has 3 rings (SSSR count). The van der Waals surface area contributed by atoms with Crippen LogP contribution in [-0.2, 0) is 6.42 Å². The van der Waals surface area contributed by atoms with Gasteiger partial charge in [0, 0.05) is 23.4 Å². The van der Waals surface area contributed by atoms with Gasteiger partial charge in [-0.15, -0.1) is 0 Å². The molecule has 1 atom stereocenters. The highest BCUT2D eigenvalue weighted by atomic mass is 15.1. The average Bonchev–Trinajstić information content (AvgIpc) is 2.79. The van der Waals surface area contributed by atoms with E-state index >= 15 is 0 Å². The van der Waals surface area contributed by atoms with Crippen LogP contribution in [0.5, 0.6) is 0 Å². The standard InChI is InChI=1S/C19H28N2/c1-6-19(7-2)12-11-16-17(18(19)20(4)5)14(3)15-10-8-9-13-21(15)16/h8-10,13,18H,6-7,11-12H2,1-5H3. The van der Waals surface area contributed by atoms with E-state index in [4.69, 9.17) is 0 Å². The van der Waals surface area contributed by atoms with Crippen molar-refractivity contribution in [2.24, 2.45) is 5.41 Å². The molecule has 0 bridgehead atoms. The molecule has 0 aliphatic heterocycles. The van der Waals surface area contributed by atoms with Crippen molar-refractivity contribution >= 4 is 5.52 Å². The summed E-state index contributed by atoms with van der Waals surface area (Å²) < 4.78 is 2.43. The van der Waals surface area contributed by atoms with Gasteiger partial charge < -0.3 is 9.30 Å². The third-order valence-electron chi connectivity index (χ3n) is 5.89. The molecule has 1 aliphatic rings. The molecule has 1 aliphatic carbocycles. The Hall–Kier alpha value is -1.28. The molecule has 0 spiro atoms. The van der Waals surface area contributed by atoms with E-state index in [1.54, 1.807) is 11.3 Å². The van der Waals surface area contributed by atoms with Gasteiger partial charge in [0.05, 0.1) is 0 Å². The van der Waals surface area contributed by atoms with Crippen molar-refractivity contribution in [2.75, 3.05) is 14.1 Å². The third-order valence-corrected chi connectivity index (χ3v) is 5.89. The van der Waals surface area contributed by atoms with Crippen LogP contribution in [0.1, 0.15) is 56.0 Å². The van der Waals surface area contributed by atoms with Crippen molar-refractivity contribution in [3.63, 3.8) is 0 Å². The lowest BCUT2D eigenvalue weighted by Crippen LogP contribution is -2.41. The van der Waals surface area contributed by atoms with E-state index in [1.807, 2.05) is 0 Å². The first kappa shape index (κ1) is 14.6. The van der Waals surface area contributed by atoms with Crippen LogP contribution >= 0.6 is 0 Å². The zero-order chi connectivity index (χ0) is 15.2. The summed E-state index contributed by atoms with van der Waals surface area (Å²) in [6.07, 6.45) is 7.27. The third kappa shape index (κ3) is 1.96. The van der Waals surface area contributed by atoms with E-state index in [1.165, 1.54) is 36.8 Å². The summed E-state index contributed by atoms with van der Waals surface area (Å²) in [5.41, 5.74) is 6.43. The molecule has 114 valence electrons. The summed E-state index contributed by atoms with van der Waals surface area (Å²) in [5.74, 6) is 0. The predicted octanol–water partition coefficient (Wildman–Crippen LogP) is 4.60. The van der Waals surface area contributed by atoms with Crippen molar-refractivity contribution in [2.45, 2.75) is 52.5 Å². The highest BCUT2D eigenvalue weighted by Gasteiger charge is 2.44. The number of hydrogen-bond donors (Lipinski definition) is 0. The molecule has 21 heavy (non-hydrogen) atoms. The minimum Gasteiger partial charge on any atom is -0.320 e. The Balaban J connectivity index is 2.29. The number of fused-ring (bicyclic) bond motifs is 3. The fourth-order valence-corrected chi connectivity index (χ4v) is 4.69. The summed E-state index contributed by atoms with van der Waals surface area (Å²) in [6.45, 7) is 7.05. The second-order valence-corrected chi connectivity index (χ2v) is 6.88. The Bertz CT molecular complexity index is 647. The summed E-state index contributed by atoms with van der Waals surface area (Å²) in [5, 5.41) is 0. The quantitative estimate of drug-likeness (QED) is 0.799. The van der Waals surface area contributed by atoms with Gasteiger partial charge in [-0.3, -0.25) is 0 Å². The zero-order valence-electron chi connectivity index (χ0n) is 14.1. The first-order valence-electron chi connectivity index (χ1n) is 8.30. The monoisotopic (exact) mass is 284 g/mol. The first-order chi connectivity index (χ1) is 10.1. The molecule has 1 unspecified atom stereocenters. The van der Waals surface area contributed by atoms with Crippen LogP contribution in [0, 0.1) is 12.3 Å². The number of aromatic nitrogens is 1. The van der Waals surface area contributed by atoms with Crippen LogP contribution in [0.2, 0.25) is 0 Å². The Labute approximate surface area is 128 Å². The van der Waals surface area contributed by atoms with Crippen LogP contribution < -0.4 is 0 Å². The maximum Gasteiger partial charge on any atom is 0.0485 e. The van der Waals surface area contributed by atoms with E-state index in [-0.39, 0.29) is 0 Å². The Kier molecular flexibility index (Phi) is 3.61. The fraction of sp³-hybridized carbons (Fsp3) is 0.579. The highest BCUT2D eigenvalue weighted by molar-refractivity contribution is 5.63. The maximum atomic E-state index is 2.46. The van der Waals surface area contributed by atoms with Crippen LogP contribution in [0.15, 0.2) is 24.4 Å². The van der Waals surface area contributed by atoms with Crippen LogP contribution in [0.4, 0.5) is 0 Å². The topological polar surface area (TPSA) is 7.65 Å². The lowest BCUT2D eigenvalue weighted by atomic mass is 9.65. The molecule has 0 fully saturated rings. The van der Waals surface area contributed by atoms with Gasteiger partial charge >= 0.3 is 0 Å². The molecular weight excluding hydrogens is 256 g/mol. The smallest absolute Gasteiger partial charge is 0.0485 e. The minimum absolute atomic E-state index is 0.423. The van der Waals surface area contributed by atoms with E-state index in [0.29, 0.717) is 11.5 Å². The van der Waals surface area contributed by atoms with Crippen molar-refractivity contribution in [1.29, 1.82) is 0 Å². The maximum absolute atomic E-state index is 2.46. The van der Waals surface area contributed by atoms with Crippen molar-refractivity contribution in [3.8, 4) is 0 Å². The predicted molar refractivity (Wildman–Crippen MR) is 89.9 cm³/mol. The van der Waals surface area contributed by atoms with E-state index in [0.717, 1.165) is 0 Å². The molecule has 2 heterocycles. The molecule has 0 saturated heterocycles. The van der Waals surface area contributed by atoms with Crippen LogP contribution in [-0.4, -0.2) is 23.4 Å². The lowest BCUT2D eigenvalue weighted by Gasteiger charge is -2.47. The van der Waals surface area contributed by atoms with Gasteiger partial charge in [-0.2, -0.15) is 0 Å². The van der Waals surface area contributed by atoms with Gasteiger partial charge in [0.1, 0.15) is 0 Å². The molecular formula is C19H28N2. The average molecular weight is 284 g/mol. The SMILES string of the molecule is CCC1(CC)CCc2c(c(C)c3ccccn23)C1N(C)C. The van der Waals surface area contributed by atoms with Gasteiger partial charge in [0.2, 0.25) is 0 Å². The number of nitrogens with zero attached hydrogens (tertiary/aromatic N) is 2. The van der Waals surface area contributed by atoms with Crippen molar-refractivity contribution in [3.05, 3.63) is 41.2 Å². The van der Waals surface area contributed by atoms with Gasteiger partial charge in [-0.1, -0.05) is 19.9 Å². The first-order valence-corrected chi connectivity index (χ1v) is 8.30. The molecule has 2 aromatic rings. The van der Waals surface area contributed by atoms with E-state index < -0.39 is 0 Å². The van der Waals surface area contributed by atoms with Gasteiger partial charge in [0.15, 0.2) is 0 Å². The molecule has 2 nitrogen and oxygen atoms in total. The molecule has 0 N–H and O–H groups in total. The summed E-state index contributed by atoms with van der Waals surface area (Å²) in [7, 11) is 4.50. The van der Waals surface area contributed by atoms with Gasteiger partial charge in [0.25, 0.3) is 0 Å².